The van der Waals surface area contributed by atoms with Crippen LogP contribution in [0.25, 0.3) is 0 Å². The Balaban J connectivity index is 3.82. The van der Waals surface area contributed by atoms with E-state index in [0.29, 0.717) is 18.3 Å². The third kappa shape index (κ3) is 12.5. The summed E-state index contributed by atoms with van der Waals surface area (Å²) < 4.78 is 5.66. The van der Waals surface area contributed by atoms with E-state index in [1.165, 1.54) is 25.7 Å². The van der Waals surface area contributed by atoms with Crippen molar-refractivity contribution in [3.05, 3.63) is 0 Å². The van der Waals surface area contributed by atoms with Gasteiger partial charge in [-0.15, -0.1) is 0 Å². The van der Waals surface area contributed by atoms with Crippen LogP contribution in [0.15, 0.2) is 0 Å². The highest BCUT2D eigenvalue weighted by Gasteiger charge is 2.17. The van der Waals surface area contributed by atoms with Crippen molar-refractivity contribution in [2.24, 2.45) is 11.8 Å². The van der Waals surface area contributed by atoms with Gasteiger partial charge in [0.2, 0.25) is 0 Å². The van der Waals surface area contributed by atoms with Gasteiger partial charge in [-0.25, -0.2) is 0 Å². The van der Waals surface area contributed by atoms with Crippen LogP contribution in [0.4, 0.5) is 0 Å². The van der Waals surface area contributed by atoms with Crippen LogP contribution in [0.5, 0.6) is 0 Å². The van der Waals surface area contributed by atoms with E-state index < -0.39 is 0 Å². The Labute approximate surface area is 126 Å². The first-order valence-electron chi connectivity index (χ1n) is 8.65. The Morgan fingerprint density at radius 2 is 1.35 bits per heavy atom. The number of unbranched alkanes of at least 4 members (excludes halogenated alkanes) is 5. The van der Waals surface area contributed by atoms with Crippen molar-refractivity contribution in [2.75, 3.05) is 0 Å². The van der Waals surface area contributed by atoms with Crippen LogP contribution in [0.2, 0.25) is 0 Å². The van der Waals surface area contributed by atoms with Crippen molar-refractivity contribution in [1.29, 1.82) is 0 Å². The standard InChI is InChI=1S/C18H36O2/c1-6-7-8-9-10-11-12-18(19)20-17(13-15(2)3)14-16(4)5/h15-17H,6-14H2,1-5H3. The van der Waals surface area contributed by atoms with Crippen LogP contribution in [-0.4, -0.2) is 12.1 Å². The molecule has 0 rings (SSSR count). The molecule has 0 aromatic carbocycles. The lowest BCUT2D eigenvalue weighted by Gasteiger charge is -2.21. The van der Waals surface area contributed by atoms with Crippen molar-refractivity contribution in [1.82, 2.24) is 0 Å². The maximum absolute atomic E-state index is 11.9. The number of carbonyl (C=O) groups excluding carboxylic acids is 1. The fourth-order valence-electron chi connectivity index (χ4n) is 2.54. The molecule has 0 N–H and O–H groups in total. The van der Waals surface area contributed by atoms with Gasteiger partial charge in [0.15, 0.2) is 0 Å². The Hall–Kier alpha value is -0.530. The second kappa shape index (κ2) is 12.2. The minimum atomic E-state index is 0.00629. The van der Waals surface area contributed by atoms with E-state index in [0.717, 1.165) is 25.7 Å². The molecule has 0 atom stereocenters. The highest BCUT2D eigenvalue weighted by molar-refractivity contribution is 5.69. The van der Waals surface area contributed by atoms with Crippen molar-refractivity contribution >= 4 is 5.97 Å². The summed E-state index contributed by atoms with van der Waals surface area (Å²) in [6.45, 7) is 11.0. The Bertz CT molecular complexity index is 224. The zero-order valence-electron chi connectivity index (χ0n) is 14.4. The molecule has 0 aliphatic carbocycles. The van der Waals surface area contributed by atoms with Crippen LogP contribution in [0, 0.1) is 11.8 Å². The topological polar surface area (TPSA) is 26.3 Å². The average molecular weight is 284 g/mol. The SMILES string of the molecule is CCCCCCCCC(=O)OC(CC(C)C)CC(C)C. The number of rotatable bonds is 12. The van der Waals surface area contributed by atoms with Gasteiger partial charge in [0.1, 0.15) is 6.10 Å². The first kappa shape index (κ1) is 19.5. The summed E-state index contributed by atoms with van der Waals surface area (Å²) in [7, 11) is 0. The number of esters is 1. The van der Waals surface area contributed by atoms with Crippen LogP contribution in [0.1, 0.15) is 92.4 Å². The lowest BCUT2D eigenvalue weighted by Crippen LogP contribution is -2.22. The summed E-state index contributed by atoms with van der Waals surface area (Å²) in [6, 6.07) is 0. The molecule has 0 aliphatic heterocycles. The highest BCUT2D eigenvalue weighted by atomic mass is 16.5. The summed E-state index contributed by atoms with van der Waals surface area (Å²) in [5.74, 6) is 1.17. The summed E-state index contributed by atoms with van der Waals surface area (Å²) >= 11 is 0. The molecule has 0 fully saturated rings. The molecule has 0 aliphatic rings. The number of hydrogen-bond donors (Lipinski definition) is 0. The third-order valence-electron chi connectivity index (χ3n) is 3.50. The zero-order chi connectivity index (χ0) is 15.4. The molecular weight excluding hydrogens is 248 g/mol. The van der Waals surface area contributed by atoms with Crippen molar-refractivity contribution in [3.63, 3.8) is 0 Å². The fraction of sp³-hybridized carbons (Fsp3) is 0.944. The predicted molar refractivity (Wildman–Crippen MR) is 86.8 cm³/mol. The molecule has 0 heterocycles. The zero-order valence-corrected chi connectivity index (χ0v) is 14.4. The Kier molecular flexibility index (Phi) is 11.9. The molecule has 0 amide bonds. The molecule has 2 heteroatoms. The van der Waals surface area contributed by atoms with E-state index in [4.69, 9.17) is 4.74 Å². The minimum Gasteiger partial charge on any atom is -0.462 e. The van der Waals surface area contributed by atoms with Crippen molar-refractivity contribution in [3.8, 4) is 0 Å². The van der Waals surface area contributed by atoms with Gasteiger partial charge in [-0.3, -0.25) is 4.79 Å². The Morgan fingerprint density at radius 1 is 0.850 bits per heavy atom. The van der Waals surface area contributed by atoms with E-state index in [1.54, 1.807) is 0 Å². The quantitative estimate of drug-likeness (QED) is 0.337. The molecule has 0 unspecified atom stereocenters. The van der Waals surface area contributed by atoms with E-state index in [-0.39, 0.29) is 12.1 Å². The summed E-state index contributed by atoms with van der Waals surface area (Å²) in [6.07, 6.45) is 9.97. The average Bonchev–Trinajstić information content (AvgIpc) is 2.31. The van der Waals surface area contributed by atoms with E-state index in [2.05, 4.69) is 34.6 Å². The third-order valence-corrected chi connectivity index (χ3v) is 3.50. The lowest BCUT2D eigenvalue weighted by molar-refractivity contribution is -0.150. The van der Waals surface area contributed by atoms with Crippen molar-refractivity contribution < 1.29 is 9.53 Å². The highest BCUT2D eigenvalue weighted by Crippen LogP contribution is 2.18. The summed E-state index contributed by atoms with van der Waals surface area (Å²) in [4.78, 5) is 11.9. The van der Waals surface area contributed by atoms with Crippen LogP contribution in [-0.2, 0) is 9.53 Å². The number of carbonyl (C=O) groups is 1. The van der Waals surface area contributed by atoms with Crippen LogP contribution < -0.4 is 0 Å². The van der Waals surface area contributed by atoms with Crippen LogP contribution >= 0.6 is 0 Å². The Morgan fingerprint density at radius 3 is 1.85 bits per heavy atom. The number of hydrogen-bond acceptors (Lipinski definition) is 2. The molecule has 0 spiro atoms. The van der Waals surface area contributed by atoms with Crippen molar-refractivity contribution in [2.45, 2.75) is 98.5 Å². The second-order valence-corrected chi connectivity index (χ2v) is 6.89. The summed E-state index contributed by atoms with van der Waals surface area (Å²) in [5.41, 5.74) is 0. The van der Waals surface area contributed by atoms with Crippen LogP contribution in [0.3, 0.4) is 0 Å². The normalized spacial score (nSPS) is 11.6. The molecule has 0 bridgehead atoms. The predicted octanol–water partition coefficient (Wildman–Crippen LogP) is 5.74. The van der Waals surface area contributed by atoms with Gasteiger partial charge >= 0.3 is 5.97 Å². The van der Waals surface area contributed by atoms with Gasteiger partial charge < -0.3 is 4.74 Å². The monoisotopic (exact) mass is 284 g/mol. The number of ether oxygens (including phenoxy) is 1. The molecule has 2 nitrogen and oxygen atoms in total. The maximum atomic E-state index is 11.9. The molecule has 0 radical (unpaired) electrons. The molecule has 0 aromatic heterocycles. The smallest absolute Gasteiger partial charge is 0.306 e. The van der Waals surface area contributed by atoms with Gasteiger partial charge in [-0.2, -0.15) is 0 Å². The second-order valence-electron chi connectivity index (χ2n) is 6.89. The molecule has 120 valence electrons. The van der Waals surface area contributed by atoms with E-state index >= 15 is 0 Å². The van der Waals surface area contributed by atoms with E-state index in [9.17, 15) is 4.79 Å². The molecule has 0 saturated heterocycles. The molecular formula is C18H36O2. The minimum absolute atomic E-state index is 0.00629. The van der Waals surface area contributed by atoms with Gasteiger partial charge in [0, 0.05) is 6.42 Å². The van der Waals surface area contributed by atoms with Gasteiger partial charge in [0.05, 0.1) is 0 Å². The molecule has 0 saturated carbocycles. The van der Waals surface area contributed by atoms with E-state index in [1.807, 2.05) is 0 Å². The van der Waals surface area contributed by atoms with Gasteiger partial charge in [0.25, 0.3) is 0 Å². The first-order chi connectivity index (χ1) is 9.45. The van der Waals surface area contributed by atoms with Gasteiger partial charge in [-0.1, -0.05) is 66.7 Å². The molecule has 20 heavy (non-hydrogen) atoms. The van der Waals surface area contributed by atoms with Gasteiger partial charge in [-0.05, 0) is 31.1 Å². The first-order valence-corrected chi connectivity index (χ1v) is 8.65. The maximum Gasteiger partial charge on any atom is 0.306 e. The fourth-order valence-corrected chi connectivity index (χ4v) is 2.54. The molecule has 0 aromatic rings. The largest absolute Gasteiger partial charge is 0.462 e. The lowest BCUT2D eigenvalue weighted by atomic mass is 9.98. The summed E-state index contributed by atoms with van der Waals surface area (Å²) in [5, 5.41) is 0.